The van der Waals surface area contributed by atoms with Crippen LogP contribution in [0.15, 0.2) is 4.99 Å². The third-order valence-electron chi connectivity index (χ3n) is 3.07. The van der Waals surface area contributed by atoms with E-state index in [0.29, 0.717) is 29.7 Å². The molecule has 0 radical (unpaired) electrons. The maximum atomic E-state index is 10.6. The zero-order chi connectivity index (χ0) is 11.5. The van der Waals surface area contributed by atoms with Crippen LogP contribution in [-0.4, -0.2) is 35.0 Å². The molecule has 1 fully saturated rings. The van der Waals surface area contributed by atoms with Gasteiger partial charge in [0.05, 0.1) is 12.1 Å². The quantitative estimate of drug-likeness (QED) is 0.582. The van der Waals surface area contributed by atoms with Crippen LogP contribution in [0.4, 0.5) is 0 Å². The summed E-state index contributed by atoms with van der Waals surface area (Å²) in [5.74, 6) is 1.45. The fourth-order valence-electron chi connectivity index (χ4n) is 2.27. The van der Waals surface area contributed by atoms with Gasteiger partial charge >= 0.3 is 0 Å². The maximum absolute atomic E-state index is 10.6. The highest BCUT2D eigenvalue weighted by molar-refractivity contribution is 8.00. The first-order chi connectivity index (χ1) is 7.66. The molecule has 5 N–H and O–H groups in total. The van der Waals surface area contributed by atoms with Crippen LogP contribution in [0.3, 0.4) is 0 Å². The van der Waals surface area contributed by atoms with Crippen LogP contribution in [-0.2, 0) is 4.79 Å². The third-order valence-corrected chi connectivity index (χ3v) is 4.56. The lowest BCUT2D eigenvalue weighted by Crippen LogP contribution is -2.38. The van der Waals surface area contributed by atoms with E-state index in [1.54, 1.807) is 0 Å². The van der Waals surface area contributed by atoms with Crippen LogP contribution in [0.25, 0.3) is 0 Å². The van der Waals surface area contributed by atoms with Crippen molar-refractivity contribution >= 4 is 23.6 Å². The number of fused-ring (bicyclic) bond motifs is 1. The molecule has 3 unspecified atom stereocenters. The van der Waals surface area contributed by atoms with Crippen LogP contribution in [0.5, 0.6) is 0 Å². The molecule has 2 aliphatic rings. The van der Waals surface area contributed by atoms with E-state index in [1.165, 1.54) is 0 Å². The van der Waals surface area contributed by atoms with Gasteiger partial charge in [-0.05, 0) is 12.8 Å². The number of rotatable bonds is 5. The predicted octanol–water partition coefficient (Wildman–Crippen LogP) is -0.197. The summed E-state index contributed by atoms with van der Waals surface area (Å²) in [6.45, 7) is 0. The minimum absolute atomic E-state index is 0.207. The van der Waals surface area contributed by atoms with E-state index >= 15 is 0 Å². The van der Waals surface area contributed by atoms with Crippen molar-refractivity contribution in [3.05, 3.63) is 0 Å². The molecule has 90 valence electrons. The van der Waals surface area contributed by atoms with Crippen LogP contribution < -0.4 is 16.8 Å². The second kappa shape index (κ2) is 4.95. The summed E-state index contributed by atoms with van der Waals surface area (Å²) in [7, 11) is 0. The van der Waals surface area contributed by atoms with E-state index in [9.17, 15) is 4.79 Å². The molecule has 0 aromatic heterocycles. The number of nitrogens with one attached hydrogen (secondary N) is 1. The van der Waals surface area contributed by atoms with Crippen LogP contribution in [0, 0.1) is 0 Å². The largest absolute Gasteiger partial charge is 0.370 e. The Morgan fingerprint density at radius 2 is 2.38 bits per heavy atom. The summed E-state index contributed by atoms with van der Waals surface area (Å²) >= 11 is 1.95. The molecule has 1 amide bonds. The van der Waals surface area contributed by atoms with E-state index < -0.39 is 0 Å². The molecule has 2 rings (SSSR count). The number of unbranched alkanes of at least 4 members (excludes halogenated alkanes) is 1. The number of hydrogen-bond donors (Lipinski definition) is 3. The van der Waals surface area contributed by atoms with Crippen LogP contribution >= 0.6 is 11.8 Å². The SMILES string of the molecule is NC(=O)CCCCC1SCC2NC(N)=NC21. The molecule has 5 nitrogen and oxygen atoms in total. The molecular weight excluding hydrogens is 224 g/mol. The van der Waals surface area contributed by atoms with Crippen molar-refractivity contribution in [3.63, 3.8) is 0 Å². The number of aliphatic imine (C=N–C) groups is 1. The Hall–Kier alpha value is -0.910. The van der Waals surface area contributed by atoms with Gasteiger partial charge in [0.25, 0.3) is 0 Å². The number of hydrogen-bond acceptors (Lipinski definition) is 5. The number of thioether (sulfide) groups is 1. The van der Waals surface area contributed by atoms with Crippen molar-refractivity contribution in [2.24, 2.45) is 16.5 Å². The minimum atomic E-state index is -0.207. The van der Waals surface area contributed by atoms with Crippen molar-refractivity contribution < 1.29 is 4.79 Å². The van der Waals surface area contributed by atoms with Gasteiger partial charge in [-0.15, -0.1) is 0 Å². The number of primary amides is 1. The summed E-state index contributed by atoms with van der Waals surface area (Å²) in [5, 5.41) is 3.73. The monoisotopic (exact) mass is 242 g/mol. The third kappa shape index (κ3) is 2.61. The second-order valence-corrected chi connectivity index (χ2v) is 5.61. The fourth-order valence-corrected chi connectivity index (χ4v) is 3.79. The number of carbonyl (C=O) groups excluding carboxylic acids is 1. The lowest BCUT2D eigenvalue weighted by Gasteiger charge is -2.13. The number of nitrogens with two attached hydrogens (primary N) is 2. The topological polar surface area (TPSA) is 93.5 Å². The van der Waals surface area contributed by atoms with Gasteiger partial charge in [-0.3, -0.25) is 4.79 Å². The molecule has 0 saturated carbocycles. The van der Waals surface area contributed by atoms with Gasteiger partial charge < -0.3 is 16.8 Å². The Kier molecular flexibility index (Phi) is 3.58. The van der Waals surface area contributed by atoms with Crippen molar-refractivity contribution in [3.8, 4) is 0 Å². The molecule has 0 bridgehead atoms. The van der Waals surface area contributed by atoms with Gasteiger partial charge in [0, 0.05) is 17.4 Å². The molecule has 0 aromatic rings. The lowest BCUT2D eigenvalue weighted by atomic mass is 10.0. The predicted molar refractivity (Wildman–Crippen MR) is 66.2 cm³/mol. The molecule has 0 aromatic carbocycles. The first-order valence-electron chi connectivity index (χ1n) is 5.66. The van der Waals surface area contributed by atoms with Gasteiger partial charge in [-0.1, -0.05) is 6.42 Å². The summed E-state index contributed by atoms with van der Waals surface area (Å²) in [4.78, 5) is 15.0. The number of carbonyl (C=O) groups is 1. The Balaban J connectivity index is 1.72. The van der Waals surface area contributed by atoms with Crippen LogP contribution in [0.1, 0.15) is 25.7 Å². The highest BCUT2D eigenvalue weighted by atomic mass is 32.2. The Morgan fingerprint density at radius 1 is 1.56 bits per heavy atom. The molecule has 3 atom stereocenters. The molecule has 2 heterocycles. The van der Waals surface area contributed by atoms with Gasteiger partial charge in [-0.2, -0.15) is 11.8 Å². The normalized spacial score (nSPS) is 32.0. The highest BCUT2D eigenvalue weighted by Gasteiger charge is 2.39. The Labute approximate surface area is 99.4 Å². The van der Waals surface area contributed by atoms with Gasteiger partial charge in [0.15, 0.2) is 5.96 Å². The molecule has 1 saturated heterocycles. The maximum Gasteiger partial charge on any atom is 0.217 e. The summed E-state index contributed by atoms with van der Waals surface area (Å²) in [6.07, 6.45) is 3.52. The molecular formula is C10H18N4OS. The minimum Gasteiger partial charge on any atom is -0.370 e. The number of amides is 1. The van der Waals surface area contributed by atoms with E-state index in [2.05, 4.69) is 10.3 Å². The first kappa shape index (κ1) is 11.6. The summed E-state index contributed by atoms with van der Waals surface area (Å²) in [6, 6.07) is 0.754. The smallest absolute Gasteiger partial charge is 0.217 e. The number of guanidine groups is 1. The van der Waals surface area contributed by atoms with E-state index in [1.807, 2.05) is 11.8 Å². The lowest BCUT2D eigenvalue weighted by molar-refractivity contribution is -0.118. The van der Waals surface area contributed by atoms with Crippen LogP contribution in [0.2, 0.25) is 0 Å². The zero-order valence-electron chi connectivity index (χ0n) is 9.19. The molecule has 0 spiro atoms. The van der Waals surface area contributed by atoms with Crippen molar-refractivity contribution in [2.75, 3.05) is 5.75 Å². The average molecular weight is 242 g/mol. The summed E-state index contributed by atoms with van der Waals surface area (Å²) < 4.78 is 0. The van der Waals surface area contributed by atoms with Crippen molar-refractivity contribution in [2.45, 2.75) is 43.0 Å². The number of nitrogens with zero attached hydrogens (tertiary/aromatic N) is 1. The van der Waals surface area contributed by atoms with Crippen molar-refractivity contribution in [1.82, 2.24) is 5.32 Å². The van der Waals surface area contributed by atoms with E-state index in [-0.39, 0.29) is 5.91 Å². The Morgan fingerprint density at radius 3 is 3.12 bits per heavy atom. The molecule has 6 heteroatoms. The highest BCUT2D eigenvalue weighted by Crippen LogP contribution is 2.35. The van der Waals surface area contributed by atoms with Crippen molar-refractivity contribution in [1.29, 1.82) is 0 Å². The second-order valence-electron chi connectivity index (χ2n) is 4.34. The average Bonchev–Trinajstić information content (AvgIpc) is 2.72. The Bertz CT molecular complexity index is 307. The van der Waals surface area contributed by atoms with E-state index in [4.69, 9.17) is 11.5 Å². The standard InChI is InChI=1S/C10H18N4OS/c11-8(15)4-2-1-3-7-9-6(5-16-7)13-10(12)14-9/h6-7,9H,1-5H2,(H2,11,15)(H3,12,13,14). The molecule has 0 aliphatic carbocycles. The fraction of sp³-hybridized carbons (Fsp3) is 0.800. The van der Waals surface area contributed by atoms with Gasteiger partial charge in [0.1, 0.15) is 0 Å². The van der Waals surface area contributed by atoms with E-state index in [0.717, 1.165) is 25.0 Å². The van der Waals surface area contributed by atoms with Gasteiger partial charge in [-0.25, -0.2) is 4.99 Å². The van der Waals surface area contributed by atoms with Gasteiger partial charge in [0.2, 0.25) is 5.91 Å². The molecule has 16 heavy (non-hydrogen) atoms. The molecule has 2 aliphatic heterocycles. The zero-order valence-corrected chi connectivity index (χ0v) is 10.0. The first-order valence-corrected chi connectivity index (χ1v) is 6.71. The summed E-state index contributed by atoms with van der Waals surface area (Å²) in [5.41, 5.74) is 10.7.